The molecule has 2 heteroatoms. The third kappa shape index (κ3) is 3.62. The summed E-state index contributed by atoms with van der Waals surface area (Å²) in [4.78, 5) is 0. The minimum Gasteiger partial charge on any atom is -0.353 e. The summed E-state index contributed by atoms with van der Waals surface area (Å²) in [6.07, 6.45) is 4.65. The molecular formula is C14H20O2. The average molecular weight is 220 g/mol. The lowest BCUT2D eigenvalue weighted by molar-refractivity contribution is -0.183. The van der Waals surface area contributed by atoms with Crippen LogP contribution in [0, 0.1) is 0 Å². The predicted molar refractivity (Wildman–Crippen MR) is 64.3 cm³/mol. The summed E-state index contributed by atoms with van der Waals surface area (Å²) >= 11 is 0. The van der Waals surface area contributed by atoms with Crippen molar-refractivity contribution in [3.63, 3.8) is 0 Å². The van der Waals surface area contributed by atoms with E-state index in [2.05, 4.69) is 31.2 Å². The lowest BCUT2D eigenvalue weighted by atomic mass is 10.1. The van der Waals surface area contributed by atoms with Crippen molar-refractivity contribution in [1.82, 2.24) is 0 Å². The van der Waals surface area contributed by atoms with Gasteiger partial charge in [0.15, 0.2) is 6.29 Å². The van der Waals surface area contributed by atoms with Crippen LogP contribution in [0.4, 0.5) is 0 Å². The molecule has 0 radical (unpaired) electrons. The standard InChI is InChI=1S/C14H20O2/c1-12(11-13-7-3-2-4-8-13)16-14-9-5-6-10-15-14/h2-4,7-8,12,14H,5-6,9-11H2,1H3/t12-,14?/m0/s1. The molecule has 0 spiro atoms. The maximum Gasteiger partial charge on any atom is 0.157 e. The van der Waals surface area contributed by atoms with E-state index in [0.717, 1.165) is 19.4 Å². The summed E-state index contributed by atoms with van der Waals surface area (Å²) in [5, 5.41) is 0. The second kappa shape index (κ2) is 6.02. The van der Waals surface area contributed by atoms with E-state index >= 15 is 0 Å². The Morgan fingerprint density at radius 3 is 2.81 bits per heavy atom. The van der Waals surface area contributed by atoms with Crippen LogP contribution < -0.4 is 0 Å². The van der Waals surface area contributed by atoms with Crippen LogP contribution in [0.25, 0.3) is 0 Å². The Morgan fingerprint density at radius 2 is 2.12 bits per heavy atom. The highest BCUT2D eigenvalue weighted by Crippen LogP contribution is 2.16. The molecule has 0 amide bonds. The molecule has 1 aliphatic rings. The molecule has 0 N–H and O–H groups in total. The fourth-order valence-electron chi connectivity index (χ4n) is 2.07. The average Bonchev–Trinajstić information content (AvgIpc) is 2.31. The summed E-state index contributed by atoms with van der Waals surface area (Å²) < 4.78 is 11.4. The Balaban J connectivity index is 1.77. The molecule has 1 fully saturated rings. The van der Waals surface area contributed by atoms with Crippen LogP contribution >= 0.6 is 0 Å². The van der Waals surface area contributed by atoms with E-state index in [4.69, 9.17) is 9.47 Å². The third-order valence-electron chi connectivity index (χ3n) is 2.89. The Hall–Kier alpha value is -0.860. The van der Waals surface area contributed by atoms with E-state index in [1.165, 1.54) is 18.4 Å². The van der Waals surface area contributed by atoms with Gasteiger partial charge < -0.3 is 9.47 Å². The molecule has 1 aromatic rings. The molecular weight excluding hydrogens is 200 g/mol. The zero-order valence-electron chi connectivity index (χ0n) is 9.89. The van der Waals surface area contributed by atoms with Gasteiger partial charge in [0.2, 0.25) is 0 Å². The number of hydrogen-bond donors (Lipinski definition) is 0. The first kappa shape index (κ1) is 11.6. The lowest BCUT2D eigenvalue weighted by Gasteiger charge is -2.26. The summed E-state index contributed by atoms with van der Waals surface area (Å²) in [6.45, 7) is 2.97. The lowest BCUT2D eigenvalue weighted by Crippen LogP contribution is -2.27. The van der Waals surface area contributed by atoms with Crippen molar-refractivity contribution in [3.05, 3.63) is 35.9 Å². The predicted octanol–water partition coefficient (Wildman–Crippen LogP) is 3.16. The number of rotatable bonds is 4. The van der Waals surface area contributed by atoms with Crippen molar-refractivity contribution in [3.8, 4) is 0 Å². The Bertz CT molecular complexity index is 291. The molecule has 1 saturated heterocycles. The zero-order valence-corrected chi connectivity index (χ0v) is 9.89. The van der Waals surface area contributed by atoms with Gasteiger partial charge in [0.25, 0.3) is 0 Å². The minimum absolute atomic E-state index is 0.0208. The molecule has 2 rings (SSSR count). The Kier molecular flexibility index (Phi) is 4.37. The van der Waals surface area contributed by atoms with Crippen LogP contribution in [0.15, 0.2) is 30.3 Å². The van der Waals surface area contributed by atoms with Crippen molar-refractivity contribution in [1.29, 1.82) is 0 Å². The molecule has 2 nitrogen and oxygen atoms in total. The van der Waals surface area contributed by atoms with E-state index in [9.17, 15) is 0 Å². The molecule has 1 aromatic carbocycles. The van der Waals surface area contributed by atoms with Crippen LogP contribution in [-0.4, -0.2) is 19.0 Å². The largest absolute Gasteiger partial charge is 0.353 e. The van der Waals surface area contributed by atoms with Crippen LogP contribution in [-0.2, 0) is 15.9 Å². The Morgan fingerprint density at radius 1 is 1.31 bits per heavy atom. The van der Waals surface area contributed by atoms with E-state index < -0.39 is 0 Å². The van der Waals surface area contributed by atoms with Crippen LogP contribution in [0.2, 0.25) is 0 Å². The zero-order chi connectivity index (χ0) is 11.2. The van der Waals surface area contributed by atoms with Gasteiger partial charge in [0.1, 0.15) is 0 Å². The van der Waals surface area contributed by atoms with Gasteiger partial charge in [-0.05, 0) is 38.2 Å². The second-order valence-electron chi connectivity index (χ2n) is 4.43. The van der Waals surface area contributed by atoms with Crippen molar-refractivity contribution < 1.29 is 9.47 Å². The first-order chi connectivity index (χ1) is 7.84. The maximum absolute atomic E-state index is 5.87. The van der Waals surface area contributed by atoms with E-state index in [1.54, 1.807) is 0 Å². The molecule has 0 aliphatic carbocycles. The summed E-state index contributed by atoms with van der Waals surface area (Å²) in [5.74, 6) is 0. The molecule has 16 heavy (non-hydrogen) atoms. The fraction of sp³-hybridized carbons (Fsp3) is 0.571. The fourth-order valence-corrected chi connectivity index (χ4v) is 2.07. The number of benzene rings is 1. The summed E-state index contributed by atoms with van der Waals surface area (Å²) in [6, 6.07) is 10.5. The number of ether oxygens (including phenoxy) is 2. The molecule has 1 aliphatic heterocycles. The highest BCUT2D eigenvalue weighted by Gasteiger charge is 2.17. The minimum atomic E-state index is 0.0208. The quantitative estimate of drug-likeness (QED) is 0.776. The van der Waals surface area contributed by atoms with Crippen LogP contribution in [0.1, 0.15) is 31.7 Å². The highest BCUT2D eigenvalue weighted by molar-refractivity contribution is 5.15. The van der Waals surface area contributed by atoms with Gasteiger partial charge in [-0.1, -0.05) is 30.3 Å². The van der Waals surface area contributed by atoms with Crippen LogP contribution in [0.5, 0.6) is 0 Å². The summed E-state index contributed by atoms with van der Waals surface area (Å²) in [7, 11) is 0. The molecule has 1 unspecified atom stereocenters. The van der Waals surface area contributed by atoms with Gasteiger partial charge in [-0.15, -0.1) is 0 Å². The molecule has 1 heterocycles. The van der Waals surface area contributed by atoms with Gasteiger partial charge >= 0.3 is 0 Å². The van der Waals surface area contributed by atoms with Crippen molar-refractivity contribution in [2.24, 2.45) is 0 Å². The first-order valence-corrected chi connectivity index (χ1v) is 6.15. The molecule has 88 valence electrons. The highest BCUT2D eigenvalue weighted by atomic mass is 16.7. The van der Waals surface area contributed by atoms with E-state index in [-0.39, 0.29) is 12.4 Å². The van der Waals surface area contributed by atoms with Crippen molar-refractivity contribution in [2.75, 3.05) is 6.61 Å². The first-order valence-electron chi connectivity index (χ1n) is 6.15. The summed E-state index contributed by atoms with van der Waals surface area (Å²) in [5.41, 5.74) is 1.32. The van der Waals surface area contributed by atoms with E-state index in [0.29, 0.717) is 0 Å². The Labute approximate surface area is 97.6 Å². The van der Waals surface area contributed by atoms with Gasteiger partial charge in [-0.25, -0.2) is 0 Å². The van der Waals surface area contributed by atoms with Gasteiger partial charge in [-0.2, -0.15) is 0 Å². The SMILES string of the molecule is C[C@@H](Cc1ccccc1)OC1CCCCO1. The second-order valence-corrected chi connectivity index (χ2v) is 4.43. The van der Waals surface area contributed by atoms with E-state index in [1.807, 2.05) is 6.07 Å². The van der Waals surface area contributed by atoms with Gasteiger partial charge in [0.05, 0.1) is 6.10 Å². The monoisotopic (exact) mass is 220 g/mol. The topological polar surface area (TPSA) is 18.5 Å². The number of hydrogen-bond acceptors (Lipinski definition) is 2. The molecule has 0 aromatic heterocycles. The van der Waals surface area contributed by atoms with Crippen molar-refractivity contribution >= 4 is 0 Å². The van der Waals surface area contributed by atoms with Gasteiger partial charge in [-0.3, -0.25) is 0 Å². The maximum atomic E-state index is 5.87. The third-order valence-corrected chi connectivity index (χ3v) is 2.89. The molecule has 2 atom stereocenters. The van der Waals surface area contributed by atoms with Crippen molar-refractivity contribution in [2.45, 2.75) is 45.0 Å². The smallest absolute Gasteiger partial charge is 0.157 e. The van der Waals surface area contributed by atoms with Gasteiger partial charge in [0, 0.05) is 6.61 Å². The molecule has 0 bridgehead atoms. The normalized spacial score (nSPS) is 22.9. The van der Waals surface area contributed by atoms with Crippen LogP contribution in [0.3, 0.4) is 0 Å². The molecule has 0 saturated carbocycles.